The number of ether oxygens (including phenoxy) is 3. The first kappa shape index (κ1) is 27.6. The number of esters is 1. The molecule has 2 rings (SSSR count). The minimum Gasteiger partial charge on any atom is -0.493 e. The summed E-state index contributed by atoms with van der Waals surface area (Å²) in [5.41, 5.74) is 1.35. The van der Waals surface area contributed by atoms with Gasteiger partial charge in [0.15, 0.2) is 18.1 Å². The third kappa shape index (κ3) is 8.26. The maximum absolute atomic E-state index is 12.6. The van der Waals surface area contributed by atoms with Gasteiger partial charge in [0.25, 0.3) is 5.91 Å². The molecule has 35 heavy (non-hydrogen) atoms. The number of nitrogens with one attached hydrogen (secondary N) is 2. The van der Waals surface area contributed by atoms with Gasteiger partial charge in [-0.05, 0) is 48.4 Å². The van der Waals surface area contributed by atoms with Crippen LogP contribution in [0.3, 0.4) is 0 Å². The van der Waals surface area contributed by atoms with Crippen LogP contribution in [0.1, 0.15) is 12.5 Å². The number of rotatable bonds is 12. The van der Waals surface area contributed by atoms with Gasteiger partial charge < -0.3 is 24.8 Å². The van der Waals surface area contributed by atoms with E-state index in [-0.39, 0.29) is 10.8 Å². The highest BCUT2D eigenvalue weighted by molar-refractivity contribution is 7.89. The zero-order valence-corrected chi connectivity index (χ0v) is 20.8. The molecule has 12 heteroatoms. The topological polar surface area (TPSA) is 140 Å². The van der Waals surface area contributed by atoms with Gasteiger partial charge in [-0.25, -0.2) is 8.42 Å². The fraction of sp³-hybridized carbons (Fsp3) is 0.348. The molecule has 0 fully saturated rings. The van der Waals surface area contributed by atoms with E-state index in [1.165, 1.54) is 45.3 Å². The van der Waals surface area contributed by atoms with Crippen molar-refractivity contribution in [3.63, 3.8) is 0 Å². The Morgan fingerprint density at radius 1 is 0.971 bits per heavy atom. The lowest BCUT2D eigenvalue weighted by atomic mass is 10.1. The van der Waals surface area contributed by atoms with Crippen LogP contribution in [0.5, 0.6) is 11.5 Å². The lowest BCUT2D eigenvalue weighted by molar-refractivity contribution is -0.148. The Kier molecular flexibility index (Phi) is 10.0. The number of hydrogen-bond acceptors (Lipinski definition) is 8. The average molecular weight is 508 g/mol. The fourth-order valence-electron chi connectivity index (χ4n) is 2.99. The predicted molar refractivity (Wildman–Crippen MR) is 128 cm³/mol. The van der Waals surface area contributed by atoms with Crippen molar-refractivity contribution in [3.8, 4) is 11.5 Å². The highest BCUT2D eigenvalue weighted by Gasteiger charge is 2.24. The standard InChI is InChI=1S/C23H29N3O8S/c1-16(27)25-18-6-8-19(9-7-18)35(30,31)26(2)14-23(29)34-15-22(28)24-12-11-17-5-10-20(32-3)21(13-17)33-4/h5-10,13H,11-12,14-15H2,1-4H3,(H,24,28)(H,25,27). The molecule has 2 N–H and O–H groups in total. The third-order valence-electron chi connectivity index (χ3n) is 4.78. The zero-order chi connectivity index (χ0) is 26.0. The number of methoxy groups -OCH3 is 2. The number of carbonyl (C=O) groups is 3. The molecule has 190 valence electrons. The molecule has 0 bridgehead atoms. The van der Waals surface area contributed by atoms with Crippen molar-refractivity contribution in [2.75, 3.05) is 46.3 Å². The molecule has 0 saturated heterocycles. The maximum Gasteiger partial charge on any atom is 0.321 e. The lowest BCUT2D eigenvalue weighted by Crippen LogP contribution is -2.35. The highest BCUT2D eigenvalue weighted by atomic mass is 32.2. The predicted octanol–water partition coefficient (Wildman–Crippen LogP) is 1.18. The van der Waals surface area contributed by atoms with Gasteiger partial charge in [-0.3, -0.25) is 14.4 Å². The third-order valence-corrected chi connectivity index (χ3v) is 6.60. The van der Waals surface area contributed by atoms with Crippen LogP contribution in [0.25, 0.3) is 0 Å². The Balaban J connectivity index is 1.79. The van der Waals surface area contributed by atoms with Crippen LogP contribution in [-0.4, -0.2) is 71.5 Å². The van der Waals surface area contributed by atoms with Gasteiger partial charge in [-0.1, -0.05) is 6.07 Å². The van der Waals surface area contributed by atoms with E-state index in [0.717, 1.165) is 9.87 Å². The summed E-state index contributed by atoms with van der Waals surface area (Å²) in [6.07, 6.45) is 0.516. The number of anilines is 1. The number of amides is 2. The van der Waals surface area contributed by atoms with Crippen LogP contribution in [0.15, 0.2) is 47.4 Å². The summed E-state index contributed by atoms with van der Waals surface area (Å²) in [6, 6.07) is 10.9. The van der Waals surface area contributed by atoms with Gasteiger partial charge in [-0.2, -0.15) is 4.31 Å². The first-order chi connectivity index (χ1) is 16.6. The summed E-state index contributed by atoms with van der Waals surface area (Å²) in [4.78, 5) is 35.1. The van der Waals surface area contributed by atoms with Gasteiger partial charge in [0.05, 0.1) is 19.1 Å². The monoisotopic (exact) mass is 507 g/mol. The van der Waals surface area contributed by atoms with E-state index in [1.807, 2.05) is 6.07 Å². The molecule has 0 aliphatic heterocycles. The van der Waals surface area contributed by atoms with E-state index < -0.39 is 35.1 Å². The normalized spacial score (nSPS) is 11.0. The molecular weight excluding hydrogens is 478 g/mol. The molecule has 0 aromatic heterocycles. The van der Waals surface area contributed by atoms with Crippen molar-refractivity contribution in [1.29, 1.82) is 0 Å². The van der Waals surface area contributed by atoms with Gasteiger partial charge in [0.2, 0.25) is 15.9 Å². The molecule has 2 amide bonds. The molecule has 0 atom stereocenters. The summed E-state index contributed by atoms with van der Waals surface area (Å²) in [5.74, 6) is -0.501. The van der Waals surface area contributed by atoms with Crippen LogP contribution in [0, 0.1) is 0 Å². The van der Waals surface area contributed by atoms with Crippen LogP contribution in [0.2, 0.25) is 0 Å². The Morgan fingerprint density at radius 3 is 2.23 bits per heavy atom. The Hall–Kier alpha value is -3.64. The fourth-order valence-corrected chi connectivity index (χ4v) is 4.10. The molecule has 0 heterocycles. The molecule has 2 aromatic rings. The van der Waals surface area contributed by atoms with Crippen molar-refractivity contribution >= 4 is 33.5 Å². The van der Waals surface area contributed by atoms with Gasteiger partial charge in [0, 0.05) is 26.2 Å². The van der Waals surface area contributed by atoms with E-state index in [4.69, 9.17) is 14.2 Å². The van der Waals surface area contributed by atoms with E-state index in [2.05, 4.69) is 10.6 Å². The van der Waals surface area contributed by atoms with Gasteiger partial charge in [-0.15, -0.1) is 0 Å². The number of sulfonamides is 1. The SMILES string of the molecule is COc1ccc(CCNC(=O)COC(=O)CN(C)S(=O)(=O)c2ccc(NC(C)=O)cc2)cc1OC. The first-order valence-electron chi connectivity index (χ1n) is 10.5. The Labute approximate surface area is 204 Å². The number of likely N-dealkylation sites (N-methyl/N-ethyl adjacent to an activating group) is 1. The minimum atomic E-state index is -3.97. The largest absolute Gasteiger partial charge is 0.493 e. The summed E-state index contributed by atoms with van der Waals surface area (Å²) < 4.78 is 41.4. The molecule has 0 aliphatic carbocycles. The van der Waals surface area contributed by atoms with Crippen molar-refractivity contribution in [2.24, 2.45) is 0 Å². The van der Waals surface area contributed by atoms with Gasteiger partial charge in [0.1, 0.15) is 6.54 Å². The van der Waals surface area contributed by atoms with Crippen molar-refractivity contribution in [3.05, 3.63) is 48.0 Å². The summed E-state index contributed by atoms with van der Waals surface area (Å²) in [5, 5.41) is 5.17. The second kappa shape index (κ2) is 12.7. The molecule has 0 spiro atoms. The van der Waals surface area contributed by atoms with E-state index in [9.17, 15) is 22.8 Å². The van der Waals surface area contributed by atoms with Crippen LogP contribution >= 0.6 is 0 Å². The van der Waals surface area contributed by atoms with E-state index >= 15 is 0 Å². The molecule has 2 aromatic carbocycles. The van der Waals surface area contributed by atoms with Crippen molar-refractivity contribution in [1.82, 2.24) is 9.62 Å². The molecule has 11 nitrogen and oxygen atoms in total. The summed E-state index contributed by atoms with van der Waals surface area (Å²) in [7, 11) is 0.323. The number of nitrogens with zero attached hydrogens (tertiary/aromatic N) is 1. The first-order valence-corrected chi connectivity index (χ1v) is 12.0. The van der Waals surface area contributed by atoms with Crippen molar-refractivity contribution < 1.29 is 37.0 Å². The van der Waals surface area contributed by atoms with Crippen LogP contribution in [-0.2, 0) is 35.6 Å². The van der Waals surface area contributed by atoms with Gasteiger partial charge >= 0.3 is 5.97 Å². The molecule has 0 saturated carbocycles. The number of benzene rings is 2. The average Bonchev–Trinajstić information content (AvgIpc) is 2.82. The second-order valence-electron chi connectivity index (χ2n) is 7.42. The molecule has 0 aliphatic rings. The molecular formula is C23H29N3O8S. The Morgan fingerprint density at radius 2 is 1.63 bits per heavy atom. The highest BCUT2D eigenvalue weighted by Crippen LogP contribution is 2.27. The zero-order valence-electron chi connectivity index (χ0n) is 20.0. The van der Waals surface area contributed by atoms with E-state index in [1.54, 1.807) is 19.2 Å². The molecule has 0 radical (unpaired) electrons. The summed E-state index contributed by atoms with van der Waals surface area (Å²) >= 11 is 0. The number of hydrogen-bond donors (Lipinski definition) is 2. The summed E-state index contributed by atoms with van der Waals surface area (Å²) in [6.45, 7) is 0.524. The molecule has 0 unspecified atom stereocenters. The van der Waals surface area contributed by atoms with E-state index in [0.29, 0.717) is 30.2 Å². The quantitative estimate of drug-likeness (QED) is 0.408. The minimum absolute atomic E-state index is 0.0604. The van der Waals surface area contributed by atoms with Crippen molar-refractivity contribution in [2.45, 2.75) is 18.2 Å². The lowest BCUT2D eigenvalue weighted by Gasteiger charge is -2.16. The maximum atomic E-state index is 12.6. The van der Waals surface area contributed by atoms with Crippen LogP contribution in [0.4, 0.5) is 5.69 Å². The second-order valence-corrected chi connectivity index (χ2v) is 9.46. The smallest absolute Gasteiger partial charge is 0.321 e. The number of carbonyl (C=O) groups excluding carboxylic acids is 3. The van der Waals surface area contributed by atoms with Crippen LogP contribution < -0.4 is 20.1 Å². The Bertz CT molecular complexity index is 1150.